The Kier molecular flexibility index (Phi) is 3.38. The summed E-state index contributed by atoms with van der Waals surface area (Å²) in [6, 6.07) is 4.12. The van der Waals surface area contributed by atoms with Crippen LogP contribution in [0.5, 0.6) is 17.2 Å². The molecular weight excluding hydrogens is 316 g/mol. The maximum atomic E-state index is 12.6. The lowest BCUT2D eigenvalue weighted by Crippen LogP contribution is -2.22. The number of phenols is 3. The van der Waals surface area contributed by atoms with Gasteiger partial charge in [0.2, 0.25) is 5.78 Å². The fourth-order valence-electron chi connectivity index (χ4n) is 2.76. The Morgan fingerprint density at radius 3 is 2.00 bits per heavy atom. The molecule has 1 aliphatic carbocycles. The smallest absolute Gasteiger partial charge is 0.201 e. The highest BCUT2D eigenvalue weighted by molar-refractivity contribution is 6.30. The van der Waals surface area contributed by atoms with Gasteiger partial charge in [-0.1, -0.05) is 0 Å². The first-order chi connectivity index (χ1) is 11.2. The predicted octanol–water partition coefficient (Wildman–Crippen LogP) is 1.20. The second-order valence-corrected chi connectivity index (χ2v) is 5.52. The van der Waals surface area contributed by atoms with Crippen molar-refractivity contribution in [2.45, 2.75) is 13.0 Å². The summed E-state index contributed by atoms with van der Waals surface area (Å²) in [5.41, 5.74) is -1.12. The van der Waals surface area contributed by atoms with E-state index in [0.29, 0.717) is 0 Å². The molecule has 0 saturated carbocycles. The minimum atomic E-state index is -1.55. The van der Waals surface area contributed by atoms with E-state index in [1.807, 2.05) is 0 Å². The van der Waals surface area contributed by atoms with E-state index >= 15 is 0 Å². The second kappa shape index (κ2) is 5.17. The van der Waals surface area contributed by atoms with Gasteiger partial charge in [-0.05, 0) is 30.7 Å². The Labute approximate surface area is 135 Å². The van der Waals surface area contributed by atoms with E-state index in [2.05, 4.69) is 0 Å². The monoisotopic (exact) mass is 328 g/mol. The van der Waals surface area contributed by atoms with Gasteiger partial charge >= 0.3 is 0 Å². The molecule has 0 aliphatic heterocycles. The molecule has 2 aromatic carbocycles. The van der Waals surface area contributed by atoms with E-state index in [1.54, 1.807) is 0 Å². The molecule has 0 bridgehead atoms. The van der Waals surface area contributed by atoms with E-state index in [4.69, 9.17) is 0 Å². The first-order valence-electron chi connectivity index (χ1n) is 6.93. The van der Waals surface area contributed by atoms with Crippen molar-refractivity contribution >= 4 is 17.3 Å². The SMILES string of the molecule is CC(=O)[C@@H](O)c1cc(O)c2c(c1)C(=O)c1cc(O)cc(O)c1C2=O. The van der Waals surface area contributed by atoms with Crippen LogP contribution in [0, 0.1) is 0 Å². The van der Waals surface area contributed by atoms with Gasteiger partial charge in [0, 0.05) is 17.2 Å². The molecule has 2 aromatic rings. The fourth-order valence-corrected chi connectivity index (χ4v) is 2.76. The van der Waals surface area contributed by atoms with E-state index in [0.717, 1.165) is 31.2 Å². The van der Waals surface area contributed by atoms with Crippen molar-refractivity contribution in [3.63, 3.8) is 0 Å². The number of aromatic hydroxyl groups is 3. The Balaban J connectivity index is 2.29. The van der Waals surface area contributed by atoms with E-state index < -0.39 is 40.7 Å². The first kappa shape index (κ1) is 15.7. The lowest BCUT2D eigenvalue weighted by Gasteiger charge is -2.21. The van der Waals surface area contributed by atoms with Crippen LogP contribution in [0.3, 0.4) is 0 Å². The number of hydrogen-bond donors (Lipinski definition) is 4. The summed E-state index contributed by atoms with van der Waals surface area (Å²) in [6.45, 7) is 1.14. The van der Waals surface area contributed by atoms with Crippen LogP contribution in [0.2, 0.25) is 0 Å². The molecule has 7 heteroatoms. The molecule has 0 aromatic heterocycles. The Morgan fingerprint density at radius 2 is 1.42 bits per heavy atom. The maximum absolute atomic E-state index is 12.6. The molecule has 0 saturated heterocycles. The van der Waals surface area contributed by atoms with E-state index in [1.165, 1.54) is 0 Å². The summed E-state index contributed by atoms with van der Waals surface area (Å²) in [6.07, 6.45) is -1.55. The third-order valence-corrected chi connectivity index (χ3v) is 3.89. The number of ketones is 3. The summed E-state index contributed by atoms with van der Waals surface area (Å²) >= 11 is 0. The summed E-state index contributed by atoms with van der Waals surface area (Å²) < 4.78 is 0. The largest absolute Gasteiger partial charge is 0.508 e. The van der Waals surface area contributed by atoms with Gasteiger partial charge in [-0.15, -0.1) is 0 Å². The number of aliphatic hydroxyl groups excluding tert-OH is 1. The highest BCUT2D eigenvalue weighted by atomic mass is 16.3. The van der Waals surface area contributed by atoms with Crippen LogP contribution in [0.1, 0.15) is 50.4 Å². The molecule has 0 unspecified atom stereocenters. The lowest BCUT2D eigenvalue weighted by atomic mass is 9.81. The zero-order valence-electron chi connectivity index (χ0n) is 12.4. The van der Waals surface area contributed by atoms with Gasteiger partial charge < -0.3 is 20.4 Å². The van der Waals surface area contributed by atoms with Crippen molar-refractivity contribution in [2.75, 3.05) is 0 Å². The molecule has 0 fully saturated rings. The van der Waals surface area contributed by atoms with Gasteiger partial charge in [-0.3, -0.25) is 14.4 Å². The standard InChI is InChI=1S/C17H12O7/c1-6(18)15(22)7-2-9-13(11(20)3-7)17(24)14-10(16(9)23)4-8(19)5-12(14)21/h2-5,15,19-22H,1H3/t15-/m1/s1. The van der Waals surface area contributed by atoms with Crippen LogP contribution in [0.15, 0.2) is 24.3 Å². The molecule has 0 amide bonds. The number of hydrogen-bond acceptors (Lipinski definition) is 7. The first-order valence-corrected chi connectivity index (χ1v) is 6.93. The third kappa shape index (κ3) is 2.14. The summed E-state index contributed by atoms with van der Waals surface area (Å²) in [5.74, 6) is -3.68. The highest BCUT2D eigenvalue weighted by Crippen LogP contribution is 2.39. The van der Waals surface area contributed by atoms with Gasteiger partial charge in [-0.25, -0.2) is 0 Å². The predicted molar refractivity (Wildman–Crippen MR) is 80.4 cm³/mol. The molecule has 7 nitrogen and oxygen atoms in total. The van der Waals surface area contributed by atoms with Crippen molar-refractivity contribution in [2.24, 2.45) is 0 Å². The van der Waals surface area contributed by atoms with Crippen LogP contribution in [-0.2, 0) is 4.79 Å². The zero-order chi connectivity index (χ0) is 17.8. The normalized spacial score (nSPS) is 14.1. The van der Waals surface area contributed by atoms with Gasteiger partial charge in [0.25, 0.3) is 0 Å². The van der Waals surface area contributed by atoms with Crippen molar-refractivity contribution in [3.05, 3.63) is 52.1 Å². The quantitative estimate of drug-likeness (QED) is 0.555. The maximum Gasteiger partial charge on any atom is 0.201 e. The van der Waals surface area contributed by atoms with Gasteiger partial charge in [0.1, 0.15) is 23.4 Å². The van der Waals surface area contributed by atoms with Crippen LogP contribution in [0.25, 0.3) is 0 Å². The van der Waals surface area contributed by atoms with Gasteiger partial charge in [0.15, 0.2) is 11.6 Å². The number of aliphatic hydroxyl groups is 1. The average Bonchev–Trinajstić information content (AvgIpc) is 2.50. The number of carbonyl (C=O) groups excluding carboxylic acids is 3. The Morgan fingerprint density at radius 1 is 0.875 bits per heavy atom. The van der Waals surface area contributed by atoms with Crippen LogP contribution in [0.4, 0.5) is 0 Å². The molecule has 1 atom stereocenters. The summed E-state index contributed by atoms with van der Waals surface area (Å²) in [4.78, 5) is 36.4. The number of benzene rings is 2. The number of carbonyl (C=O) groups is 3. The van der Waals surface area contributed by atoms with Crippen molar-refractivity contribution in [3.8, 4) is 17.2 Å². The molecule has 0 heterocycles. The summed E-state index contributed by atoms with van der Waals surface area (Å²) in [5, 5.41) is 39.3. The van der Waals surface area contributed by atoms with Crippen molar-refractivity contribution in [1.82, 2.24) is 0 Å². The van der Waals surface area contributed by atoms with Gasteiger partial charge in [-0.2, -0.15) is 0 Å². The number of rotatable bonds is 2. The molecule has 3 rings (SSSR count). The average molecular weight is 328 g/mol. The van der Waals surface area contributed by atoms with Crippen molar-refractivity contribution < 1.29 is 34.8 Å². The van der Waals surface area contributed by atoms with E-state index in [-0.39, 0.29) is 27.8 Å². The zero-order valence-corrected chi connectivity index (χ0v) is 12.4. The molecule has 0 spiro atoms. The minimum Gasteiger partial charge on any atom is -0.508 e. The lowest BCUT2D eigenvalue weighted by molar-refractivity contribution is -0.125. The minimum absolute atomic E-state index is 0.0345. The third-order valence-electron chi connectivity index (χ3n) is 3.89. The summed E-state index contributed by atoms with van der Waals surface area (Å²) in [7, 11) is 0. The molecule has 122 valence electrons. The molecule has 4 N–H and O–H groups in total. The Hall–Kier alpha value is -3.19. The highest BCUT2D eigenvalue weighted by Gasteiger charge is 2.35. The molecular formula is C17H12O7. The van der Waals surface area contributed by atoms with Crippen LogP contribution >= 0.6 is 0 Å². The van der Waals surface area contributed by atoms with Crippen LogP contribution in [-0.4, -0.2) is 37.8 Å². The molecule has 24 heavy (non-hydrogen) atoms. The number of Topliss-reactive ketones (excluding diaryl/α,β-unsaturated/α-hetero) is 1. The van der Waals surface area contributed by atoms with Gasteiger partial charge in [0.05, 0.1) is 11.1 Å². The molecule has 0 radical (unpaired) electrons. The Bertz CT molecular complexity index is 927. The van der Waals surface area contributed by atoms with Crippen LogP contribution < -0.4 is 0 Å². The topological polar surface area (TPSA) is 132 Å². The van der Waals surface area contributed by atoms with Crippen molar-refractivity contribution in [1.29, 1.82) is 0 Å². The van der Waals surface area contributed by atoms with E-state index in [9.17, 15) is 34.8 Å². The number of fused-ring (bicyclic) bond motifs is 2. The molecule has 1 aliphatic rings. The number of phenolic OH excluding ortho intramolecular Hbond substituents is 3. The second-order valence-electron chi connectivity index (χ2n) is 5.52. The fraction of sp³-hybridized carbons (Fsp3) is 0.118.